The lowest BCUT2D eigenvalue weighted by Gasteiger charge is -2.32. The number of ether oxygens (including phenoxy) is 2. The van der Waals surface area contributed by atoms with E-state index in [0.717, 1.165) is 0 Å². The Bertz CT molecular complexity index is 1080. The second-order valence-corrected chi connectivity index (χ2v) is 8.12. The number of ketones is 1. The number of esters is 1. The van der Waals surface area contributed by atoms with E-state index in [1.54, 1.807) is 57.2 Å². The van der Waals surface area contributed by atoms with Crippen LogP contribution in [0.5, 0.6) is 5.75 Å². The summed E-state index contributed by atoms with van der Waals surface area (Å²) in [5, 5.41) is 2.71. The minimum absolute atomic E-state index is 0.0409. The molecule has 33 heavy (non-hydrogen) atoms. The van der Waals surface area contributed by atoms with Crippen LogP contribution in [0, 0.1) is 0 Å². The maximum absolute atomic E-state index is 12.8. The number of anilines is 2. The van der Waals surface area contributed by atoms with E-state index in [9.17, 15) is 19.2 Å². The van der Waals surface area contributed by atoms with Gasteiger partial charge >= 0.3 is 5.97 Å². The average Bonchev–Trinajstić information content (AvgIpc) is 2.76. The van der Waals surface area contributed by atoms with Crippen molar-refractivity contribution in [3.8, 4) is 5.75 Å². The number of hydrogen-bond donors (Lipinski definition) is 1. The van der Waals surface area contributed by atoms with Crippen molar-refractivity contribution in [3.05, 3.63) is 53.6 Å². The molecule has 1 aliphatic heterocycles. The van der Waals surface area contributed by atoms with E-state index in [1.807, 2.05) is 6.92 Å². The Morgan fingerprint density at radius 3 is 2.58 bits per heavy atom. The van der Waals surface area contributed by atoms with E-state index in [2.05, 4.69) is 5.32 Å². The first-order chi connectivity index (χ1) is 15.7. The van der Waals surface area contributed by atoms with Gasteiger partial charge < -0.3 is 14.8 Å². The minimum Gasteiger partial charge on any atom is -0.479 e. The van der Waals surface area contributed by atoms with Gasteiger partial charge in [-0.25, -0.2) is 4.79 Å². The van der Waals surface area contributed by atoms with Crippen LogP contribution in [0.4, 0.5) is 11.4 Å². The molecule has 0 saturated heterocycles. The number of fused-ring (bicyclic) bond motifs is 1. The Hall–Kier alpha value is -3.68. The van der Waals surface area contributed by atoms with Gasteiger partial charge in [0.25, 0.3) is 5.91 Å². The number of benzene rings is 2. The largest absolute Gasteiger partial charge is 0.479 e. The first kappa shape index (κ1) is 24.0. The summed E-state index contributed by atoms with van der Waals surface area (Å²) in [5.74, 6) is -0.936. The quantitative estimate of drug-likeness (QED) is 0.480. The van der Waals surface area contributed by atoms with E-state index in [4.69, 9.17) is 9.47 Å². The molecule has 1 unspecified atom stereocenters. The summed E-state index contributed by atoms with van der Waals surface area (Å²) in [5.41, 5.74) is 1.55. The zero-order chi connectivity index (χ0) is 24.1. The van der Waals surface area contributed by atoms with Crippen LogP contribution in [0.15, 0.2) is 42.5 Å². The third-order valence-corrected chi connectivity index (χ3v) is 4.99. The number of nitrogens with one attached hydrogen (secondary N) is 1. The summed E-state index contributed by atoms with van der Waals surface area (Å²) < 4.78 is 10.8. The molecule has 1 N–H and O–H groups in total. The van der Waals surface area contributed by atoms with Crippen molar-refractivity contribution in [1.29, 1.82) is 0 Å². The summed E-state index contributed by atoms with van der Waals surface area (Å²) in [6.07, 6.45) is 0.0640. The summed E-state index contributed by atoms with van der Waals surface area (Å²) >= 11 is 0. The monoisotopic (exact) mass is 452 g/mol. The van der Waals surface area contributed by atoms with Gasteiger partial charge in [-0.3, -0.25) is 19.3 Å². The Balaban J connectivity index is 1.79. The highest BCUT2D eigenvalue weighted by molar-refractivity contribution is 6.07. The smallest absolute Gasteiger partial charge is 0.338 e. The lowest BCUT2D eigenvalue weighted by molar-refractivity contribution is -0.127. The number of rotatable bonds is 8. The van der Waals surface area contributed by atoms with Crippen LogP contribution in [0.1, 0.15) is 61.3 Å². The van der Waals surface area contributed by atoms with Crippen molar-refractivity contribution in [2.24, 2.45) is 0 Å². The van der Waals surface area contributed by atoms with Gasteiger partial charge in [0.1, 0.15) is 12.3 Å². The fraction of sp³-hybridized carbons (Fsp3) is 0.360. The van der Waals surface area contributed by atoms with Gasteiger partial charge in [0, 0.05) is 17.7 Å². The molecule has 0 radical (unpaired) electrons. The van der Waals surface area contributed by atoms with Crippen LogP contribution >= 0.6 is 0 Å². The van der Waals surface area contributed by atoms with Gasteiger partial charge in [0.15, 0.2) is 11.9 Å². The van der Waals surface area contributed by atoms with Gasteiger partial charge in [-0.15, -0.1) is 0 Å². The lowest BCUT2D eigenvalue weighted by Crippen LogP contribution is -2.47. The number of nitrogens with zero attached hydrogens (tertiary/aromatic N) is 1. The molecule has 8 heteroatoms. The summed E-state index contributed by atoms with van der Waals surface area (Å²) in [6, 6.07) is 11.3. The van der Waals surface area contributed by atoms with E-state index < -0.39 is 18.0 Å². The summed E-state index contributed by atoms with van der Waals surface area (Å²) in [6.45, 7) is 6.76. The standard InChI is InChI=1S/C25H28N2O6/c1-5-7-21(28)17-10-11-22-20(13-17)27(24(30)16(4)33-22)14-23(29)26-19-9-6-8-18(12-19)25(31)32-15(2)3/h6,8-13,15-16H,5,7,14H2,1-4H3,(H,26,29). The number of Topliss-reactive ketones (excluding diaryl/α,β-unsaturated/α-hetero) is 1. The van der Waals surface area contributed by atoms with E-state index in [-0.39, 0.29) is 24.3 Å². The molecule has 0 spiro atoms. The molecule has 1 heterocycles. The zero-order valence-electron chi connectivity index (χ0n) is 19.2. The van der Waals surface area contributed by atoms with Gasteiger partial charge in [-0.2, -0.15) is 0 Å². The Labute approximate surface area is 192 Å². The third kappa shape index (κ3) is 5.77. The molecule has 2 amide bonds. The SMILES string of the molecule is CCCC(=O)c1ccc2c(c1)N(CC(=O)Nc1cccc(C(=O)OC(C)C)c1)C(=O)C(C)O2. The van der Waals surface area contributed by atoms with E-state index in [0.29, 0.717) is 41.1 Å². The molecule has 0 aliphatic carbocycles. The van der Waals surface area contributed by atoms with Gasteiger partial charge in [0.2, 0.25) is 5.91 Å². The van der Waals surface area contributed by atoms with Crippen LogP contribution in [-0.4, -0.2) is 42.3 Å². The molecule has 3 rings (SSSR count). The normalized spacial score (nSPS) is 15.0. The molecule has 2 aromatic carbocycles. The molecule has 0 saturated carbocycles. The highest BCUT2D eigenvalue weighted by atomic mass is 16.5. The predicted molar refractivity (Wildman–Crippen MR) is 124 cm³/mol. The second kappa shape index (κ2) is 10.3. The molecule has 0 aromatic heterocycles. The molecule has 174 valence electrons. The van der Waals surface area contributed by atoms with Crippen LogP contribution in [0.25, 0.3) is 0 Å². The fourth-order valence-corrected chi connectivity index (χ4v) is 3.47. The third-order valence-electron chi connectivity index (χ3n) is 4.99. The number of amides is 2. The van der Waals surface area contributed by atoms with Crippen molar-refractivity contribution < 1.29 is 28.7 Å². The minimum atomic E-state index is -0.767. The average molecular weight is 453 g/mol. The summed E-state index contributed by atoms with van der Waals surface area (Å²) in [4.78, 5) is 51.4. The van der Waals surface area contributed by atoms with Crippen molar-refractivity contribution in [2.45, 2.75) is 52.7 Å². The molecule has 2 aromatic rings. The molecule has 0 bridgehead atoms. The molecule has 8 nitrogen and oxygen atoms in total. The van der Waals surface area contributed by atoms with Crippen LogP contribution in [-0.2, 0) is 14.3 Å². The number of hydrogen-bond acceptors (Lipinski definition) is 6. The van der Waals surface area contributed by atoms with Crippen molar-refractivity contribution in [3.63, 3.8) is 0 Å². The molecular weight excluding hydrogens is 424 g/mol. The van der Waals surface area contributed by atoms with E-state index in [1.165, 1.54) is 11.0 Å². The van der Waals surface area contributed by atoms with Gasteiger partial charge in [-0.05, 0) is 63.6 Å². The molecule has 1 atom stereocenters. The van der Waals surface area contributed by atoms with Crippen LogP contribution in [0.3, 0.4) is 0 Å². The maximum atomic E-state index is 12.8. The molecule has 1 aliphatic rings. The van der Waals surface area contributed by atoms with Crippen LogP contribution in [0.2, 0.25) is 0 Å². The van der Waals surface area contributed by atoms with Crippen molar-refractivity contribution in [1.82, 2.24) is 0 Å². The first-order valence-electron chi connectivity index (χ1n) is 11.0. The van der Waals surface area contributed by atoms with Crippen molar-refractivity contribution >= 4 is 34.9 Å². The Morgan fingerprint density at radius 2 is 1.88 bits per heavy atom. The maximum Gasteiger partial charge on any atom is 0.338 e. The fourth-order valence-electron chi connectivity index (χ4n) is 3.47. The second-order valence-electron chi connectivity index (χ2n) is 8.12. The molecule has 0 fully saturated rings. The van der Waals surface area contributed by atoms with Crippen molar-refractivity contribution in [2.75, 3.05) is 16.8 Å². The number of carbonyl (C=O) groups is 4. The lowest BCUT2D eigenvalue weighted by atomic mass is 10.0. The summed E-state index contributed by atoms with van der Waals surface area (Å²) in [7, 11) is 0. The van der Waals surface area contributed by atoms with Gasteiger partial charge in [0.05, 0.1) is 17.4 Å². The molecular formula is C25H28N2O6. The number of carbonyl (C=O) groups excluding carboxylic acids is 4. The Kier molecular flexibility index (Phi) is 7.48. The first-order valence-corrected chi connectivity index (χ1v) is 11.0. The highest BCUT2D eigenvalue weighted by Gasteiger charge is 2.33. The predicted octanol–water partition coefficient (Wildman–Crippen LogP) is 3.99. The Morgan fingerprint density at radius 1 is 1.12 bits per heavy atom. The van der Waals surface area contributed by atoms with E-state index >= 15 is 0 Å². The van der Waals surface area contributed by atoms with Gasteiger partial charge in [-0.1, -0.05) is 13.0 Å². The highest BCUT2D eigenvalue weighted by Crippen LogP contribution is 2.35. The van der Waals surface area contributed by atoms with Crippen LogP contribution < -0.4 is 15.0 Å². The zero-order valence-corrected chi connectivity index (χ0v) is 19.2. The topological polar surface area (TPSA) is 102 Å².